The fourth-order valence-electron chi connectivity index (χ4n) is 1.19. The highest BCUT2D eigenvalue weighted by Crippen LogP contribution is 2.30. The summed E-state index contributed by atoms with van der Waals surface area (Å²) in [4.78, 5) is 0. The highest BCUT2D eigenvalue weighted by atomic mass is 32.2. The Hall–Kier alpha value is -1.04. The minimum atomic E-state index is -4.40. The number of hydrogen-bond donors (Lipinski definition) is 0. The van der Waals surface area contributed by atoms with Crippen molar-refractivity contribution in [1.29, 1.82) is 0 Å². The van der Waals surface area contributed by atoms with Gasteiger partial charge in [0, 0.05) is 6.26 Å². The van der Waals surface area contributed by atoms with Crippen molar-refractivity contribution >= 4 is 9.84 Å². The number of hydrogen-bond acceptors (Lipinski definition) is 2. The van der Waals surface area contributed by atoms with Gasteiger partial charge in [-0.3, -0.25) is 0 Å². The molecule has 90 valence electrons. The third kappa shape index (κ3) is 2.98. The summed E-state index contributed by atoms with van der Waals surface area (Å²) in [7, 11) is -3.29. The van der Waals surface area contributed by atoms with Gasteiger partial charge in [-0.05, 0) is 24.6 Å². The highest BCUT2D eigenvalue weighted by molar-refractivity contribution is 7.90. The van der Waals surface area contributed by atoms with Crippen molar-refractivity contribution in [3.63, 3.8) is 0 Å². The standard InChI is InChI=1S/C10H11F3O2S/c1-7(16(2,14)15)8-3-5-9(6-4-8)10(11,12)13/h3-7H,1-2H3/t7-/m0/s1. The van der Waals surface area contributed by atoms with Gasteiger partial charge < -0.3 is 0 Å². The Balaban J connectivity index is 3.05. The first-order chi connectivity index (χ1) is 7.12. The van der Waals surface area contributed by atoms with E-state index in [1.807, 2.05) is 0 Å². The second kappa shape index (κ2) is 4.08. The van der Waals surface area contributed by atoms with Gasteiger partial charge in [-0.15, -0.1) is 0 Å². The Bertz CT molecular complexity index is 460. The summed E-state index contributed by atoms with van der Waals surface area (Å²) in [6, 6.07) is 4.15. The van der Waals surface area contributed by atoms with E-state index in [9.17, 15) is 21.6 Å². The van der Waals surface area contributed by atoms with E-state index < -0.39 is 26.8 Å². The molecule has 1 rings (SSSR count). The minimum absolute atomic E-state index is 0.357. The Morgan fingerprint density at radius 1 is 1.12 bits per heavy atom. The first-order valence-corrected chi connectivity index (χ1v) is 6.44. The highest BCUT2D eigenvalue weighted by Gasteiger charge is 2.30. The second-order valence-corrected chi connectivity index (χ2v) is 5.96. The molecule has 0 bridgehead atoms. The molecule has 0 aliphatic rings. The summed E-state index contributed by atoms with van der Waals surface area (Å²) in [6.45, 7) is 1.44. The number of rotatable bonds is 2. The van der Waals surface area contributed by atoms with Crippen molar-refractivity contribution in [2.75, 3.05) is 6.26 Å². The van der Waals surface area contributed by atoms with E-state index in [0.717, 1.165) is 18.4 Å². The van der Waals surface area contributed by atoms with Crippen LogP contribution in [-0.2, 0) is 16.0 Å². The molecule has 0 saturated carbocycles. The molecule has 0 heterocycles. The van der Waals surface area contributed by atoms with Gasteiger partial charge in [0.1, 0.15) is 0 Å². The number of alkyl halides is 3. The lowest BCUT2D eigenvalue weighted by Gasteiger charge is -2.11. The molecule has 6 heteroatoms. The van der Waals surface area contributed by atoms with Gasteiger partial charge in [-0.1, -0.05) is 12.1 Å². The minimum Gasteiger partial charge on any atom is -0.229 e. The van der Waals surface area contributed by atoms with Crippen LogP contribution in [0.3, 0.4) is 0 Å². The Labute approximate surface area is 92.0 Å². The average Bonchev–Trinajstić information content (AvgIpc) is 2.14. The summed E-state index contributed by atoms with van der Waals surface area (Å²) < 4.78 is 59.1. The quantitative estimate of drug-likeness (QED) is 0.811. The summed E-state index contributed by atoms with van der Waals surface area (Å²) in [5.41, 5.74) is -0.424. The van der Waals surface area contributed by atoms with E-state index in [1.54, 1.807) is 0 Å². The van der Waals surface area contributed by atoms with Crippen LogP contribution in [0.4, 0.5) is 13.2 Å². The average molecular weight is 252 g/mol. The maximum Gasteiger partial charge on any atom is 0.416 e. The van der Waals surface area contributed by atoms with Crippen LogP contribution in [0.15, 0.2) is 24.3 Å². The molecule has 0 aliphatic carbocycles. The smallest absolute Gasteiger partial charge is 0.229 e. The van der Waals surface area contributed by atoms with Gasteiger partial charge in [-0.2, -0.15) is 13.2 Å². The van der Waals surface area contributed by atoms with Gasteiger partial charge in [-0.25, -0.2) is 8.42 Å². The van der Waals surface area contributed by atoms with E-state index in [2.05, 4.69) is 0 Å². The Morgan fingerprint density at radius 2 is 1.56 bits per heavy atom. The van der Waals surface area contributed by atoms with Crippen molar-refractivity contribution in [1.82, 2.24) is 0 Å². The molecule has 0 aromatic heterocycles. The predicted molar refractivity (Wildman–Crippen MR) is 54.7 cm³/mol. The zero-order valence-electron chi connectivity index (χ0n) is 8.75. The second-order valence-electron chi connectivity index (χ2n) is 3.59. The van der Waals surface area contributed by atoms with Crippen LogP contribution in [0.2, 0.25) is 0 Å². The van der Waals surface area contributed by atoms with Crippen LogP contribution in [-0.4, -0.2) is 14.7 Å². The molecule has 0 amide bonds. The predicted octanol–water partition coefficient (Wildman–Crippen LogP) is 2.81. The summed E-state index contributed by atoms with van der Waals surface area (Å²) in [5, 5.41) is -0.796. The van der Waals surface area contributed by atoms with Crippen LogP contribution < -0.4 is 0 Å². The molecule has 2 nitrogen and oxygen atoms in total. The topological polar surface area (TPSA) is 34.1 Å². The van der Waals surface area contributed by atoms with Gasteiger partial charge in [0.05, 0.1) is 10.8 Å². The molecule has 0 N–H and O–H groups in total. The number of sulfone groups is 1. The van der Waals surface area contributed by atoms with Gasteiger partial charge in [0.2, 0.25) is 0 Å². The number of benzene rings is 1. The maximum atomic E-state index is 12.2. The van der Waals surface area contributed by atoms with Crippen molar-refractivity contribution < 1.29 is 21.6 Å². The molecule has 1 atom stereocenters. The van der Waals surface area contributed by atoms with E-state index in [1.165, 1.54) is 19.1 Å². The van der Waals surface area contributed by atoms with Crippen LogP contribution in [0.1, 0.15) is 23.3 Å². The number of halogens is 3. The fourth-order valence-corrected chi connectivity index (χ4v) is 1.84. The lowest BCUT2D eigenvalue weighted by Crippen LogP contribution is -2.09. The van der Waals surface area contributed by atoms with Gasteiger partial charge in [0.15, 0.2) is 9.84 Å². The van der Waals surface area contributed by atoms with Gasteiger partial charge >= 0.3 is 6.18 Å². The van der Waals surface area contributed by atoms with Crippen molar-refractivity contribution in [2.24, 2.45) is 0 Å². The molecule has 0 spiro atoms. The lowest BCUT2D eigenvalue weighted by molar-refractivity contribution is -0.137. The molecule has 0 unspecified atom stereocenters. The molecule has 0 fully saturated rings. The van der Waals surface area contributed by atoms with E-state index in [-0.39, 0.29) is 0 Å². The molecule has 16 heavy (non-hydrogen) atoms. The molecule has 1 aromatic rings. The summed E-state index contributed by atoms with van der Waals surface area (Å²) in [6.07, 6.45) is -3.35. The molecule has 0 saturated heterocycles. The molecular weight excluding hydrogens is 241 g/mol. The molecule has 1 aromatic carbocycles. The molecule has 0 radical (unpaired) electrons. The summed E-state index contributed by atoms with van der Waals surface area (Å²) in [5.74, 6) is 0. The molecule has 0 aliphatic heterocycles. The third-order valence-corrected chi connectivity index (χ3v) is 3.91. The van der Waals surface area contributed by atoms with Crippen molar-refractivity contribution in [3.8, 4) is 0 Å². The van der Waals surface area contributed by atoms with E-state index in [4.69, 9.17) is 0 Å². The Morgan fingerprint density at radius 3 is 1.88 bits per heavy atom. The van der Waals surface area contributed by atoms with Crippen LogP contribution >= 0.6 is 0 Å². The van der Waals surface area contributed by atoms with Crippen LogP contribution in [0.25, 0.3) is 0 Å². The first-order valence-electron chi connectivity index (χ1n) is 4.48. The lowest BCUT2D eigenvalue weighted by atomic mass is 10.1. The van der Waals surface area contributed by atoms with Crippen LogP contribution in [0, 0.1) is 0 Å². The summed E-state index contributed by atoms with van der Waals surface area (Å²) >= 11 is 0. The van der Waals surface area contributed by atoms with Gasteiger partial charge in [0.25, 0.3) is 0 Å². The monoisotopic (exact) mass is 252 g/mol. The SMILES string of the molecule is C[C@@H](c1ccc(C(F)(F)F)cc1)S(C)(=O)=O. The fraction of sp³-hybridized carbons (Fsp3) is 0.400. The Kier molecular flexibility index (Phi) is 3.33. The maximum absolute atomic E-state index is 12.2. The zero-order valence-corrected chi connectivity index (χ0v) is 9.56. The van der Waals surface area contributed by atoms with Crippen molar-refractivity contribution in [3.05, 3.63) is 35.4 Å². The van der Waals surface area contributed by atoms with E-state index in [0.29, 0.717) is 5.56 Å². The third-order valence-electron chi connectivity index (χ3n) is 2.35. The first kappa shape index (κ1) is 13.0. The van der Waals surface area contributed by atoms with E-state index >= 15 is 0 Å². The molecular formula is C10H11F3O2S. The largest absolute Gasteiger partial charge is 0.416 e. The zero-order chi connectivity index (χ0) is 12.6. The van der Waals surface area contributed by atoms with Crippen LogP contribution in [0.5, 0.6) is 0 Å². The normalized spacial score (nSPS) is 14.8. The van der Waals surface area contributed by atoms with Crippen molar-refractivity contribution in [2.45, 2.75) is 18.3 Å².